The lowest BCUT2D eigenvalue weighted by Gasteiger charge is -2.33. The van der Waals surface area contributed by atoms with Gasteiger partial charge in [-0.3, -0.25) is 4.79 Å². The highest BCUT2D eigenvalue weighted by Gasteiger charge is 2.51. The maximum atomic E-state index is 13.6. The predicted molar refractivity (Wildman–Crippen MR) is 93.1 cm³/mol. The maximum absolute atomic E-state index is 13.6. The van der Waals surface area contributed by atoms with Crippen molar-refractivity contribution < 1.29 is 4.79 Å². The number of carbonyl (C=O) groups is 1. The van der Waals surface area contributed by atoms with Crippen LogP contribution in [0.4, 0.5) is 0 Å². The molecular weight excluding hydrogens is 296 g/mol. The molecule has 0 fully saturated rings. The zero-order valence-corrected chi connectivity index (χ0v) is 14.0. The lowest BCUT2D eigenvalue weighted by Crippen LogP contribution is -2.47. The molecule has 0 N–H and O–H groups in total. The second-order valence-electron chi connectivity index (χ2n) is 5.80. The minimum atomic E-state index is -1.33. The van der Waals surface area contributed by atoms with Gasteiger partial charge in [-0.25, -0.2) is 0 Å². The molecular formula is C21H20N2O. The maximum Gasteiger partial charge on any atom is 0.182 e. The fraction of sp³-hybridized carbons (Fsp3) is 0.286. The molecule has 0 saturated carbocycles. The summed E-state index contributed by atoms with van der Waals surface area (Å²) in [5.41, 5.74) is -1.38. The summed E-state index contributed by atoms with van der Waals surface area (Å²) in [7, 11) is 0. The zero-order valence-electron chi connectivity index (χ0n) is 14.0. The van der Waals surface area contributed by atoms with Crippen molar-refractivity contribution in [1.82, 2.24) is 0 Å². The van der Waals surface area contributed by atoms with E-state index in [0.717, 1.165) is 0 Å². The largest absolute Gasteiger partial charge is 0.295 e. The topological polar surface area (TPSA) is 64.7 Å². The second kappa shape index (κ2) is 7.11. The molecule has 2 atom stereocenters. The average molecular weight is 316 g/mol. The third-order valence-corrected chi connectivity index (χ3v) is 4.75. The van der Waals surface area contributed by atoms with Crippen LogP contribution in [0, 0.1) is 22.7 Å². The normalized spacial score (nSPS) is 15.3. The number of ketones is 1. The number of Topliss-reactive ketones (excluding diaryl/α,β-unsaturated/α-hetero) is 1. The van der Waals surface area contributed by atoms with Gasteiger partial charge in [0.25, 0.3) is 0 Å². The van der Waals surface area contributed by atoms with Gasteiger partial charge in [0.2, 0.25) is 0 Å². The van der Waals surface area contributed by atoms with Gasteiger partial charge in [0.15, 0.2) is 5.78 Å². The van der Waals surface area contributed by atoms with E-state index < -0.39 is 10.8 Å². The zero-order chi connectivity index (χ0) is 17.6. The Hall–Kier alpha value is -2.91. The quantitative estimate of drug-likeness (QED) is 0.798. The number of hydrogen-bond donors (Lipinski definition) is 0. The summed E-state index contributed by atoms with van der Waals surface area (Å²) in [5, 5.41) is 19.8. The Morgan fingerprint density at radius 1 is 0.792 bits per heavy atom. The van der Waals surface area contributed by atoms with Crippen LogP contribution in [0.1, 0.15) is 37.8 Å². The van der Waals surface area contributed by atoms with Gasteiger partial charge in [0.1, 0.15) is 10.8 Å². The lowest BCUT2D eigenvalue weighted by molar-refractivity contribution is -0.126. The molecule has 0 aliphatic heterocycles. The van der Waals surface area contributed by atoms with E-state index in [1.807, 2.05) is 50.2 Å². The van der Waals surface area contributed by atoms with Crippen LogP contribution in [0.3, 0.4) is 0 Å². The summed E-state index contributed by atoms with van der Waals surface area (Å²) in [6, 6.07) is 22.5. The van der Waals surface area contributed by atoms with Gasteiger partial charge in [-0.05, 0) is 24.0 Å². The summed E-state index contributed by atoms with van der Waals surface area (Å²) in [5.74, 6) is -0.345. The Morgan fingerprint density at radius 2 is 1.12 bits per heavy atom. The van der Waals surface area contributed by atoms with Gasteiger partial charge < -0.3 is 0 Å². The molecule has 3 heteroatoms. The summed E-state index contributed by atoms with van der Waals surface area (Å²) < 4.78 is 0. The number of nitriles is 2. The molecule has 0 aromatic heterocycles. The van der Waals surface area contributed by atoms with E-state index in [0.29, 0.717) is 24.0 Å². The van der Waals surface area contributed by atoms with Crippen molar-refractivity contribution in [2.45, 2.75) is 37.5 Å². The van der Waals surface area contributed by atoms with E-state index in [1.165, 1.54) is 0 Å². The van der Waals surface area contributed by atoms with Crippen LogP contribution in [0.25, 0.3) is 0 Å². The minimum Gasteiger partial charge on any atom is -0.295 e. The van der Waals surface area contributed by atoms with Gasteiger partial charge in [0, 0.05) is 0 Å². The highest BCUT2D eigenvalue weighted by molar-refractivity contribution is 6.03. The van der Waals surface area contributed by atoms with Crippen molar-refractivity contribution in [2.24, 2.45) is 0 Å². The second-order valence-corrected chi connectivity index (χ2v) is 5.80. The van der Waals surface area contributed by atoms with E-state index in [2.05, 4.69) is 12.1 Å². The molecule has 2 rings (SSSR count). The third-order valence-electron chi connectivity index (χ3n) is 4.75. The van der Waals surface area contributed by atoms with Gasteiger partial charge in [-0.2, -0.15) is 10.5 Å². The lowest BCUT2D eigenvalue weighted by atomic mass is 9.63. The van der Waals surface area contributed by atoms with E-state index in [9.17, 15) is 15.3 Å². The summed E-state index contributed by atoms with van der Waals surface area (Å²) >= 11 is 0. The Balaban J connectivity index is 2.69. The molecule has 2 aromatic rings. The standard InChI is InChI=1S/C21H20N2O/c1-3-20(15-22,17-11-7-5-8-12-17)19(24)21(4-2,16-23)18-13-9-6-10-14-18/h5-14H,3-4H2,1-2H3. The smallest absolute Gasteiger partial charge is 0.182 e. The average Bonchev–Trinajstić information content (AvgIpc) is 2.66. The summed E-state index contributed by atoms with van der Waals surface area (Å²) in [6.07, 6.45) is 0.644. The van der Waals surface area contributed by atoms with Gasteiger partial charge in [-0.1, -0.05) is 74.5 Å². The molecule has 0 amide bonds. The first kappa shape index (κ1) is 17.4. The molecule has 0 radical (unpaired) electrons. The summed E-state index contributed by atoms with van der Waals surface area (Å²) in [4.78, 5) is 13.6. The Morgan fingerprint density at radius 3 is 1.38 bits per heavy atom. The van der Waals surface area contributed by atoms with Crippen molar-refractivity contribution >= 4 is 5.78 Å². The number of benzene rings is 2. The fourth-order valence-corrected chi connectivity index (χ4v) is 3.19. The monoisotopic (exact) mass is 316 g/mol. The Kier molecular flexibility index (Phi) is 5.17. The first-order chi connectivity index (χ1) is 11.6. The molecule has 0 heterocycles. The van der Waals surface area contributed by atoms with Gasteiger partial charge >= 0.3 is 0 Å². The van der Waals surface area contributed by atoms with Crippen LogP contribution in [-0.2, 0) is 15.6 Å². The van der Waals surface area contributed by atoms with Crippen molar-refractivity contribution in [2.75, 3.05) is 0 Å². The summed E-state index contributed by atoms with van der Waals surface area (Å²) in [6.45, 7) is 3.63. The van der Waals surface area contributed by atoms with Crippen LogP contribution >= 0.6 is 0 Å². The van der Waals surface area contributed by atoms with Crippen LogP contribution in [0.2, 0.25) is 0 Å². The van der Waals surface area contributed by atoms with Crippen LogP contribution < -0.4 is 0 Å². The first-order valence-electron chi connectivity index (χ1n) is 8.09. The van der Waals surface area contributed by atoms with Gasteiger partial charge in [0.05, 0.1) is 12.1 Å². The predicted octanol–water partition coefficient (Wildman–Crippen LogP) is 4.30. The van der Waals surface area contributed by atoms with Crippen molar-refractivity contribution in [3.05, 3.63) is 71.8 Å². The van der Waals surface area contributed by atoms with Crippen molar-refractivity contribution in [1.29, 1.82) is 10.5 Å². The molecule has 0 saturated heterocycles. The molecule has 24 heavy (non-hydrogen) atoms. The van der Waals surface area contributed by atoms with Crippen molar-refractivity contribution in [3.8, 4) is 12.1 Å². The molecule has 2 unspecified atom stereocenters. The minimum absolute atomic E-state index is 0.322. The van der Waals surface area contributed by atoms with E-state index >= 15 is 0 Å². The van der Waals surface area contributed by atoms with Crippen LogP contribution in [0.15, 0.2) is 60.7 Å². The molecule has 0 spiro atoms. The van der Waals surface area contributed by atoms with E-state index in [1.54, 1.807) is 24.3 Å². The van der Waals surface area contributed by atoms with Crippen LogP contribution in [0.5, 0.6) is 0 Å². The number of hydrogen-bond acceptors (Lipinski definition) is 3. The Labute approximate surface area is 143 Å². The number of carbonyl (C=O) groups excluding carboxylic acids is 1. The molecule has 0 aliphatic carbocycles. The van der Waals surface area contributed by atoms with Crippen LogP contribution in [-0.4, -0.2) is 5.78 Å². The molecule has 3 nitrogen and oxygen atoms in total. The highest BCUT2D eigenvalue weighted by atomic mass is 16.1. The Bertz CT molecular complexity index is 719. The number of nitrogens with zero attached hydrogens (tertiary/aromatic N) is 2. The molecule has 2 aromatic carbocycles. The molecule has 120 valence electrons. The van der Waals surface area contributed by atoms with E-state index in [-0.39, 0.29) is 5.78 Å². The molecule has 0 aliphatic rings. The third kappa shape index (κ3) is 2.59. The van der Waals surface area contributed by atoms with E-state index in [4.69, 9.17) is 0 Å². The number of rotatable bonds is 6. The highest BCUT2D eigenvalue weighted by Crippen LogP contribution is 2.39. The fourth-order valence-electron chi connectivity index (χ4n) is 3.19. The van der Waals surface area contributed by atoms with Crippen molar-refractivity contribution in [3.63, 3.8) is 0 Å². The molecule has 0 bridgehead atoms. The van der Waals surface area contributed by atoms with Gasteiger partial charge in [-0.15, -0.1) is 0 Å². The first-order valence-corrected chi connectivity index (χ1v) is 8.09. The SMILES string of the molecule is CCC(C#N)(C(=O)C(C#N)(CC)c1ccccc1)c1ccccc1.